The molecule has 3 aromatic heterocycles. The minimum Gasteiger partial charge on any atom is -0.338 e. The average molecular weight is 354 g/mol. The van der Waals surface area contributed by atoms with Crippen LogP contribution in [0.1, 0.15) is 5.89 Å². The van der Waals surface area contributed by atoms with E-state index in [4.69, 9.17) is 4.52 Å². The predicted molar refractivity (Wildman–Crippen MR) is 95.8 cm³/mol. The van der Waals surface area contributed by atoms with E-state index >= 15 is 0 Å². The van der Waals surface area contributed by atoms with Gasteiger partial charge in [-0.25, -0.2) is 4.98 Å². The molecule has 0 spiro atoms. The lowest BCUT2D eigenvalue weighted by molar-refractivity contribution is 0.391. The Morgan fingerprint density at radius 3 is 2.83 bits per heavy atom. The normalized spacial score (nSPS) is 11.0. The Hall–Kier alpha value is -2.38. The smallest absolute Gasteiger partial charge is 0.237 e. The van der Waals surface area contributed by atoms with E-state index < -0.39 is 0 Å². The molecule has 1 aromatic carbocycles. The first-order chi connectivity index (χ1) is 11.8. The first-order valence-electron chi connectivity index (χ1n) is 7.37. The molecule has 4 aromatic rings. The summed E-state index contributed by atoms with van der Waals surface area (Å²) in [5.74, 6) is 1.84. The topological polar surface area (TPSA) is 56.7 Å². The van der Waals surface area contributed by atoms with Crippen molar-refractivity contribution in [1.29, 1.82) is 0 Å². The summed E-state index contributed by atoms with van der Waals surface area (Å²) >= 11 is 3.18. The zero-order chi connectivity index (χ0) is 16.4. The Kier molecular flexibility index (Phi) is 4.18. The van der Waals surface area contributed by atoms with Gasteiger partial charge in [-0.05, 0) is 17.0 Å². The van der Waals surface area contributed by atoms with E-state index in [1.807, 2.05) is 49.0 Å². The Bertz CT molecular complexity index is 929. The van der Waals surface area contributed by atoms with E-state index in [0.717, 1.165) is 21.3 Å². The zero-order valence-electron chi connectivity index (χ0n) is 12.9. The molecule has 0 saturated carbocycles. The van der Waals surface area contributed by atoms with Crippen LogP contribution in [0.25, 0.3) is 22.0 Å². The highest BCUT2D eigenvalue weighted by atomic mass is 32.2. The van der Waals surface area contributed by atoms with Crippen LogP contribution in [-0.4, -0.2) is 19.7 Å². The van der Waals surface area contributed by atoms with Gasteiger partial charge in [-0.15, -0.1) is 11.3 Å². The monoisotopic (exact) mass is 354 g/mol. The van der Waals surface area contributed by atoms with E-state index in [0.29, 0.717) is 17.5 Å². The maximum absolute atomic E-state index is 5.33. The molecule has 0 amide bonds. The van der Waals surface area contributed by atoms with Gasteiger partial charge in [0, 0.05) is 7.05 Å². The summed E-state index contributed by atoms with van der Waals surface area (Å²) < 4.78 is 7.41. The van der Waals surface area contributed by atoms with Crippen LogP contribution in [0.4, 0.5) is 0 Å². The third-order valence-corrected chi connectivity index (χ3v) is 5.44. The van der Waals surface area contributed by atoms with Gasteiger partial charge in [0.25, 0.3) is 0 Å². The molecule has 0 aliphatic carbocycles. The molecule has 0 aliphatic heterocycles. The number of thiophene rings is 1. The number of aromatic nitrogens is 4. The molecule has 24 heavy (non-hydrogen) atoms. The van der Waals surface area contributed by atoms with Crippen molar-refractivity contribution in [3.8, 4) is 22.0 Å². The molecule has 0 fully saturated rings. The SMILES string of the molecule is Cn1c(-c2ccccc2)cnc1SCc1nc(-c2cccs2)no1. The molecule has 0 atom stereocenters. The highest BCUT2D eigenvalue weighted by molar-refractivity contribution is 7.98. The third kappa shape index (κ3) is 3.00. The molecule has 0 bridgehead atoms. The number of benzene rings is 1. The fraction of sp³-hybridized carbons (Fsp3) is 0.118. The van der Waals surface area contributed by atoms with Crippen LogP contribution in [0.5, 0.6) is 0 Å². The number of imidazole rings is 1. The molecule has 7 heteroatoms. The standard InChI is InChI=1S/C17H14N4OS2/c1-21-13(12-6-3-2-4-7-12)10-18-17(21)24-11-15-19-16(20-22-15)14-8-5-9-23-14/h2-10H,11H2,1H3. The minimum atomic E-state index is 0.595. The van der Waals surface area contributed by atoms with Gasteiger partial charge in [0.2, 0.25) is 11.7 Å². The Balaban J connectivity index is 1.48. The van der Waals surface area contributed by atoms with Gasteiger partial charge in [-0.2, -0.15) is 4.98 Å². The van der Waals surface area contributed by atoms with Gasteiger partial charge in [0.1, 0.15) is 0 Å². The maximum Gasteiger partial charge on any atom is 0.237 e. The molecule has 3 heterocycles. The molecular weight excluding hydrogens is 340 g/mol. The van der Waals surface area contributed by atoms with Crippen molar-refractivity contribution in [2.45, 2.75) is 10.9 Å². The van der Waals surface area contributed by atoms with Crippen LogP contribution in [0.2, 0.25) is 0 Å². The molecule has 120 valence electrons. The fourth-order valence-electron chi connectivity index (χ4n) is 2.35. The average Bonchev–Trinajstić information content (AvgIpc) is 3.35. The van der Waals surface area contributed by atoms with Crippen molar-refractivity contribution >= 4 is 23.1 Å². The van der Waals surface area contributed by atoms with Crippen LogP contribution in [0.15, 0.2) is 63.7 Å². The molecule has 0 unspecified atom stereocenters. The molecule has 0 N–H and O–H groups in total. The number of hydrogen-bond donors (Lipinski definition) is 0. The van der Waals surface area contributed by atoms with Crippen molar-refractivity contribution in [2.75, 3.05) is 0 Å². The van der Waals surface area contributed by atoms with Gasteiger partial charge >= 0.3 is 0 Å². The summed E-state index contributed by atoms with van der Waals surface area (Å²) in [4.78, 5) is 9.95. The zero-order valence-corrected chi connectivity index (χ0v) is 14.5. The van der Waals surface area contributed by atoms with Crippen molar-refractivity contribution in [3.63, 3.8) is 0 Å². The summed E-state index contributed by atoms with van der Waals surface area (Å²) in [6.07, 6.45) is 1.89. The highest BCUT2D eigenvalue weighted by Gasteiger charge is 2.13. The lowest BCUT2D eigenvalue weighted by Gasteiger charge is -2.04. The summed E-state index contributed by atoms with van der Waals surface area (Å²) in [5, 5.41) is 6.95. The lowest BCUT2D eigenvalue weighted by atomic mass is 10.2. The Labute approximate surface area is 147 Å². The third-order valence-electron chi connectivity index (χ3n) is 3.55. The number of thioether (sulfide) groups is 1. The summed E-state index contributed by atoms with van der Waals surface area (Å²) in [7, 11) is 2.02. The van der Waals surface area contributed by atoms with Crippen LogP contribution < -0.4 is 0 Å². The molecule has 0 aliphatic rings. The second-order valence-electron chi connectivity index (χ2n) is 5.13. The number of rotatable bonds is 5. The van der Waals surface area contributed by atoms with Crippen molar-refractivity contribution in [2.24, 2.45) is 7.05 Å². The molecule has 5 nitrogen and oxygen atoms in total. The van der Waals surface area contributed by atoms with E-state index in [2.05, 4.69) is 31.8 Å². The van der Waals surface area contributed by atoms with Crippen LogP contribution in [0, 0.1) is 0 Å². The predicted octanol–water partition coefficient (Wildman–Crippen LogP) is 4.49. The molecule has 0 radical (unpaired) electrons. The van der Waals surface area contributed by atoms with Crippen LogP contribution in [0.3, 0.4) is 0 Å². The van der Waals surface area contributed by atoms with Gasteiger partial charge in [0.05, 0.1) is 22.5 Å². The lowest BCUT2D eigenvalue weighted by Crippen LogP contribution is -1.94. The largest absolute Gasteiger partial charge is 0.338 e. The summed E-state index contributed by atoms with van der Waals surface area (Å²) in [6, 6.07) is 14.2. The molecular formula is C17H14N4OS2. The van der Waals surface area contributed by atoms with Gasteiger partial charge in [-0.1, -0.05) is 53.3 Å². The van der Waals surface area contributed by atoms with Crippen molar-refractivity contribution in [1.82, 2.24) is 19.7 Å². The van der Waals surface area contributed by atoms with E-state index in [1.54, 1.807) is 23.1 Å². The van der Waals surface area contributed by atoms with E-state index in [9.17, 15) is 0 Å². The van der Waals surface area contributed by atoms with Gasteiger partial charge in [0.15, 0.2) is 5.16 Å². The van der Waals surface area contributed by atoms with Crippen molar-refractivity contribution < 1.29 is 4.52 Å². The second-order valence-corrected chi connectivity index (χ2v) is 7.02. The number of nitrogens with zero attached hydrogens (tertiary/aromatic N) is 4. The van der Waals surface area contributed by atoms with Gasteiger partial charge < -0.3 is 9.09 Å². The number of hydrogen-bond acceptors (Lipinski definition) is 6. The quantitative estimate of drug-likeness (QED) is 0.494. The Morgan fingerprint density at radius 1 is 1.17 bits per heavy atom. The maximum atomic E-state index is 5.33. The summed E-state index contributed by atoms with van der Waals surface area (Å²) in [6.45, 7) is 0. The minimum absolute atomic E-state index is 0.595. The van der Waals surface area contributed by atoms with Crippen LogP contribution in [-0.2, 0) is 12.8 Å². The highest BCUT2D eigenvalue weighted by Crippen LogP contribution is 2.27. The molecule has 4 rings (SSSR count). The first-order valence-corrected chi connectivity index (χ1v) is 9.24. The first kappa shape index (κ1) is 15.2. The van der Waals surface area contributed by atoms with Gasteiger partial charge in [-0.3, -0.25) is 0 Å². The molecule has 0 saturated heterocycles. The Morgan fingerprint density at radius 2 is 2.04 bits per heavy atom. The van der Waals surface area contributed by atoms with Crippen LogP contribution >= 0.6 is 23.1 Å². The second kappa shape index (κ2) is 6.62. The van der Waals surface area contributed by atoms with Crippen molar-refractivity contribution in [3.05, 3.63) is 59.9 Å². The fourth-order valence-corrected chi connectivity index (χ4v) is 3.79. The van der Waals surface area contributed by atoms with E-state index in [1.165, 1.54) is 0 Å². The summed E-state index contributed by atoms with van der Waals surface area (Å²) in [5.41, 5.74) is 2.24. The van der Waals surface area contributed by atoms with E-state index in [-0.39, 0.29) is 0 Å².